The SMILES string of the molecule is CC(=O)N[C@@H](Cc1cccc(F)c1)C(=O)N[C@@H](Cc1cccc(C#N)c1)C(N)=O. The highest BCUT2D eigenvalue weighted by Crippen LogP contribution is 2.10. The van der Waals surface area contributed by atoms with Gasteiger partial charge in [-0.15, -0.1) is 0 Å². The molecule has 0 radical (unpaired) electrons. The van der Waals surface area contributed by atoms with E-state index in [-0.39, 0.29) is 12.8 Å². The second-order valence-electron chi connectivity index (χ2n) is 6.57. The maximum absolute atomic E-state index is 13.4. The van der Waals surface area contributed by atoms with Gasteiger partial charge in [-0.1, -0.05) is 24.3 Å². The summed E-state index contributed by atoms with van der Waals surface area (Å²) in [6.45, 7) is 1.25. The third-order valence-electron chi connectivity index (χ3n) is 4.18. The Morgan fingerprint density at radius 3 is 2.24 bits per heavy atom. The van der Waals surface area contributed by atoms with Crippen LogP contribution in [0.15, 0.2) is 48.5 Å². The van der Waals surface area contributed by atoms with Crippen LogP contribution in [-0.4, -0.2) is 29.8 Å². The summed E-state index contributed by atoms with van der Waals surface area (Å²) in [6.07, 6.45) is 0.127. The molecule has 2 aromatic carbocycles. The number of carbonyl (C=O) groups excluding carboxylic acids is 3. The van der Waals surface area contributed by atoms with Crippen LogP contribution in [0.25, 0.3) is 0 Å². The van der Waals surface area contributed by atoms with Crippen molar-refractivity contribution in [2.24, 2.45) is 5.73 Å². The Balaban J connectivity index is 2.16. The molecule has 2 atom stereocenters. The van der Waals surface area contributed by atoms with E-state index in [1.807, 2.05) is 6.07 Å². The topological polar surface area (TPSA) is 125 Å². The van der Waals surface area contributed by atoms with Crippen molar-refractivity contribution in [3.63, 3.8) is 0 Å². The minimum absolute atomic E-state index is 0.0403. The van der Waals surface area contributed by atoms with Crippen molar-refractivity contribution in [2.45, 2.75) is 31.8 Å². The molecule has 0 aromatic heterocycles. The maximum Gasteiger partial charge on any atom is 0.243 e. The number of hydrogen-bond acceptors (Lipinski definition) is 4. The van der Waals surface area contributed by atoms with Crippen molar-refractivity contribution in [1.82, 2.24) is 10.6 Å². The lowest BCUT2D eigenvalue weighted by Gasteiger charge is -2.22. The van der Waals surface area contributed by atoms with E-state index in [9.17, 15) is 18.8 Å². The van der Waals surface area contributed by atoms with E-state index in [0.717, 1.165) is 0 Å². The van der Waals surface area contributed by atoms with Gasteiger partial charge in [-0.05, 0) is 35.4 Å². The number of nitriles is 1. The average Bonchev–Trinajstić information content (AvgIpc) is 2.66. The molecule has 0 fully saturated rings. The van der Waals surface area contributed by atoms with Crippen LogP contribution in [0.4, 0.5) is 4.39 Å². The minimum Gasteiger partial charge on any atom is -0.368 e. The highest BCUT2D eigenvalue weighted by molar-refractivity contribution is 5.91. The van der Waals surface area contributed by atoms with Crippen LogP contribution in [0.3, 0.4) is 0 Å². The third-order valence-corrected chi connectivity index (χ3v) is 4.18. The molecule has 0 heterocycles. The second-order valence-corrected chi connectivity index (χ2v) is 6.57. The fourth-order valence-electron chi connectivity index (χ4n) is 2.85. The van der Waals surface area contributed by atoms with Crippen LogP contribution >= 0.6 is 0 Å². The van der Waals surface area contributed by atoms with Crippen LogP contribution in [0, 0.1) is 17.1 Å². The van der Waals surface area contributed by atoms with Crippen molar-refractivity contribution in [2.75, 3.05) is 0 Å². The molecule has 7 nitrogen and oxygen atoms in total. The fraction of sp³-hybridized carbons (Fsp3) is 0.238. The lowest BCUT2D eigenvalue weighted by atomic mass is 10.0. The summed E-state index contributed by atoms with van der Waals surface area (Å²) < 4.78 is 13.4. The molecule has 0 bridgehead atoms. The van der Waals surface area contributed by atoms with Gasteiger partial charge in [0.1, 0.15) is 17.9 Å². The number of halogens is 1. The second kappa shape index (κ2) is 9.99. The summed E-state index contributed by atoms with van der Waals surface area (Å²) in [5.41, 5.74) is 7.00. The van der Waals surface area contributed by atoms with E-state index >= 15 is 0 Å². The van der Waals surface area contributed by atoms with Gasteiger partial charge in [0.15, 0.2) is 0 Å². The van der Waals surface area contributed by atoms with Gasteiger partial charge < -0.3 is 16.4 Å². The number of benzene rings is 2. The van der Waals surface area contributed by atoms with Gasteiger partial charge in [-0.3, -0.25) is 14.4 Å². The van der Waals surface area contributed by atoms with Crippen molar-refractivity contribution < 1.29 is 18.8 Å². The number of carbonyl (C=O) groups is 3. The number of nitrogens with one attached hydrogen (secondary N) is 2. The Labute approximate surface area is 167 Å². The zero-order chi connectivity index (χ0) is 21.4. The highest BCUT2D eigenvalue weighted by atomic mass is 19.1. The smallest absolute Gasteiger partial charge is 0.243 e. The van der Waals surface area contributed by atoms with Gasteiger partial charge in [0.2, 0.25) is 17.7 Å². The Morgan fingerprint density at radius 2 is 1.66 bits per heavy atom. The van der Waals surface area contributed by atoms with E-state index < -0.39 is 35.6 Å². The van der Waals surface area contributed by atoms with Crippen molar-refractivity contribution in [3.05, 3.63) is 71.0 Å². The monoisotopic (exact) mass is 396 g/mol. The van der Waals surface area contributed by atoms with Gasteiger partial charge >= 0.3 is 0 Å². The number of nitrogens with two attached hydrogens (primary N) is 1. The quantitative estimate of drug-likeness (QED) is 0.614. The molecule has 4 N–H and O–H groups in total. The van der Waals surface area contributed by atoms with Gasteiger partial charge in [-0.2, -0.15) is 5.26 Å². The molecule has 0 aliphatic carbocycles. The van der Waals surface area contributed by atoms with Gasteiger partial charge in [0, 0.05) is 19.8 Å². The third kappa shape index (κ3) is 6.74. The number of primary amides is 1. The van der Waals surface area contributed by atoms with Gasteiger partial charge in [0.25, 0.3) is 0 Å². The van der Waals surface area contributed by atoms with Gasteiger partial charge in [0.05, 0.1) is 11.6 Å². The van der Waals surface area contributed by atoms with Crippen LogP contribution in [0.1, 0.15) is 23.6 Å². The Hall–Kier alpha value is -3.73. The number of rotatable bonds is 8. The molecule has 0 saturated carbocycles. The first-order valence-electron chi connectivity index (χ1n) is 8.88. The van der Waals surface area contributed by atoms with Crippen molar-refractivity contribution in [3.8, 4) is 6.07 Å². The van der Waals surface area contributed by atoms with E-state index in [4.69, 9.17) is 11.0 Å². The predicted molar refractivity (Wildman–Crippen MR) is 104 cm³/mol. The molecule has 0 spiro atoms. The number of amides is 3. The van der Waals surface area contributed by atoms with Crippen LogP contribution in [0.2, 0.25) is 0 Å². The van der Waals surface area contributed by atoms with Crippen molar-refractivity contribution >= 4 is 17.7 Å². The maximum atomic E-state index is 13.4. The zero-order valence-electron chi connectivity index (χ0n) is 15.8. The van der Waals surface area contributed by atoms with E-state index in [0.29, 0.717) is 16.7 Å². The Kier molecular flexibility index (Phi) is 7.43. The van der Waals surface area contributed by atoms with Crippen LogP contribution < -0.4 is 16.4 Å². The predicted octanol–water partition coefficient (Wildman–Crippen LogP) is 0.957. The highest BCUT2D eigenvalue weighted by Gasteiger charge is 2.25. The summed E-state index contributed by atoms with van der Waals surface area (Å²) in [4.78, 5) is 36.1. The summed E-state index contributed by atoms with van der Waals surface area (Å²) in [5, 5.41) is 14.0. The van der Waals surface area contributed by atoms with Gasteiger partial charge in [-0.25, -0.2) is 4.39 Å². The first kappa shape index (κ1) is 21.6. The molecule has 0 aliphatic heterocycles. The fourth-order valence-corrected chi connectivity index (χ4v) is 2.85. The summed E-state index contributed by atoms with van der Waals surface area (Å²) >= 11 is 0. The molecule has 8 heteroatoms. The Morgan fingerprint density at radius 1 is 1.03 bits per heavy atom. The van der Waals surface area contributed by atoms with Crippen LogP contribution in [-0.2, 0) is 27.2 Å². The van der Waals surface area contributed by atoms with Crippen molar-refractivity contribution in [1.29, 1.82) is 5.26 Å². The standard InChI is InChI=1S/C21H21FN4O3/c1-13(27)25-19(11-15-5-3-7-17(22)9-15)21(29)26-18(20(24)28)10-14-4-2-6-16(8-14)12-23/h2-9,18-19H,10-11H2,1H3,(H2,24,28)(H,25,27)(H,26,29)/t18-,19-/m0/s1. The minimum atomic E-state index is -1.04. The average molecular weight is 396 g/mol. The molecule has 29 heavy (non-hydrogen) atoms. The molecule has 2 rings (SSSR count). The molecular formula is C21H21FN4O3. The largest absolute Gasteiger partial charge is 0.368 e. The molecule has 0 aliphatic rings. The van der Waals surface area contributed by atoms with E-state index in [1.165, 1.54) is 25.1 Å². The molecular weight excluding hydrogens is 375 g/mol. The first-order chi connectivity index (χ1) is 13.8. The summed E-state index contributed by atoms with van der Waals surface area (Å²) in [6, 6.07) is 12.2. The number of nitrogens with zero attached hydrogens (tertiary/aromatic N) is 1. The number of hydrogen-bond donors (Lipinski definition) is 3. The molecule has 0 saturated heterocycles. The van der Waals surface area contributed by atoms with Crippen LogP contribution in [0.5, 0.6) is 0 Å². The molecule has 3 amide bonds. The first-order valence-corrected chi connectivity index (χ1v) is 8.88. The Bertz CT molecular complexity index is 955. The molecule has 0 unspecified atom stereocenters. The lowest BCUT2D eigenvalue weighted by Crippen LogP contribution is -2.54. The summed E-state index contributed by atoms with van der Waals surface area (Å²) in [7, 11) is 0. The molecule has 150 valence electrons. The molecule has 2 aromatic rings. The normalized spacial score (nSPS) is 12.3. The lowest BCUT2D eigenvalue weighted by molar-refractivity contribution is -0.130. The van der Waals surface area contributed by atoms with E-state index in [2.05, 4.69) is 10.6 Å². The van der Waals surface area contributed by atoms with E-state index in [1.54, 1.807) is 30.3 Å². The zero-order valence-corrected chi connectivity index (χ0v) is 15.8. The summed E-state index contributed by atoms with van der Waals surface area (Å²) in [5.74, 6) is -2.28.